The fourth-order valence-electron chi connectivity index (χ4n) is 2.85. The van der Waals surface area contributed by atoms with Gasteiger partial charge in [0.15, 0.2) is 11.6 Å². The number of anilines is 1. The number of ketones is 1. The van der Waals surface area contributed by atoms with E-state index in [-0.39, 0.29) is 24.7 Å². The molecule has 1 aliphatic rings. The number of alkyl halides is 2. The fraction of sp³-hybridized carbons (Fsp3) is 0.471. The zero-order chi connectivity index (χ0) is 17.3. The minimum absolute atomic E-state index is 0.0634. The summed E-state index contributed by atoms with van der Waals surface area (Å²) >= 11 is 0. The van der Waals surface area contributed by atoms with Gasteiger partial charge in [-0.15, -0.1) is 0 Å². The SMILES string of the molecule is CC(=O)c1cc(NC2CCC(F)(F)CC2)nc(-n2ccc(C)n2)c1. The van der Waals surface area contributed by atoms with Crippen LogP contribution in [-0.4, -0.2) is 32.5 Å². The molecule has 0 atom stereocenters. The van der Waals surface area contributed by atoms with E-state index in [0.29, 0.717) is 30.0 Å². The Morgan fingerprint density at radius 1 is 1.33 bits per heavy atom. The van der Waals surface area contributed by atoms with Gasteiger partial charge in [0.05, 0.1) is 5.69 Å². The first-order chi connectivity index (χ1) is 11.3. The molecule has 0 spiro atoms. The van der Waals surface area contributed by atoms with E-state index in [1.165, 1.54) is 6.92 Å². The van der Waals surface area contributed by atoms with Crippen molar-refractivity contribution in [1.29, 1.82) is 0 Å². The molecule has 0 bridgehead atoms. The third-order valence-corrected chi connectivity index (χ3v) is 4.24. The molecule has 1 aliphatic carbocycles. The van der Waals surface area contributed by atoms with Gasteiger partial charge in [0.1, 0.15) is 5.82 Å². The van der Waals surface area contributed by atoms with Crippen molar-refractivity contribution < 1.29 is 13.6 Å². The van der Waals surface area contributed by atoms with Crippen molar-refractivity contribution in [2.24, 2.45) is 0 Å². The molecule has 1 saturated carbocycles. The average Bonchev–Trinajstić information content (AvgIpc) is 2.96. The number of nitrogens with zero attached hydrogens (tertiary/aromatic N) is 3. The van der Waals surface area contributed by atoms with Crippen molar-refractivity contribution in [3.8, 4) is 5.82 Å². The first kappa shape index (κ1) is 16.5. The molecule has 0 radical (unpaired) electrons. The summed E-state index contributed by atoms with van der Waals surface area (Å²) in [6.07, 6.45) is 2.29. The topological polar surface area (TPSA) is 59.8 Å². The van der Waals surface area contributed by atoms with Crippen molar-refractivity contribution in [3.05, 3.63) is 35.7 Å². The van der Waals surface area contributed by atoms with Gasteiger partial charge in [0, 0.05) is 30.6 Å². The Morgan fingerprint density at radius 2 is 2.04 bits per heavy atom. The number of aromatic nitrogens is 3. The van der Waals surface area contributed by atoms with Gasteiger partial charge < -0.3 is 5.32 Å². The number of carbonyl (C=O) groups excluding carboxylic acids is 1. The molecular weight excluding hydrogens is 314 g/mol. The first-order valence-electron chi connectivity index (χ1n) is 8.02. The highest BCUT2D eigenvalue weighted by Gasteiger charge is 2.35. The highest BCUT2D eigenvalue weighted by atomic mass is 19.3. The van der Waals surface area contributed by atoms with Crippen LogP contribution in [0.2, 0.25) is 0 Å². The average molecular weight is 334 g/mol. The smallest absolute Gasteiger partial charge is 0.248 e. The number of hydrogen-bond acceptors (Lipinski definition) is 4. The van der Waals surface area contributed by atoms with E-state index in [2.05, 4.69) is 15.4 Å². The van der Waals surface area contributed by atoms with Crippen molar-refractivity contribution in [2.75, 3.05) is 5.32 Å². The second kappa shape index (κ2) is 6.30. The van der Waals surface area contributed by atoms with Crippen LogP contribution in [0.5, 0.6) is 0 Å². The van der Waals surface area contributed by atoms with Gasteiger partial charge in [-0.25, -0.2) is 18.4 Å². The van der Waals surface area contributed by atoms with Gasteiger partial charge in [0.2, 0.25) is 5.92 Å². The molecule has 0 amide bonds. The Balaban J connectivity index is 1.84. The Hall–Kier alpha value is -2.31. The second-order valence-corrected chi connectivity index (χ2v) is 6.33. The van der Waals surface area contributed by atoms with Gasteiger partial charge in [-0.05, 0) is 44.9 Å². The number of rotatable bonds is 4. The van der Waals surface area contributed by atoms with Crippen molar-refractivity contribution in [3.63, 3.8) is 0 Å². The highest BCUT2D eigenvalue weighted by Crippen LogP contribution is 2.34. The number of nitrogens with one attached hydrogen (secondary N) is 1. The molecule has 0 saturated heterocycles. The maximum atomic E-state index is 13.3. The number of carbonyl (C=O) groups is 1. The number of pyridine rings is 1. The lowest BCUT2D eigenvalue weighted by molar-refractivity contribution is -0.0361. The molecule has 0 unspecified atom stereocenters. The summed E-state index contributed by atoms with van der Waals surface area (Å²) in [4.78, 5) is 16.3. The standard InChI is InChI=1S/C17H20F2N4O/c1-11-5-8-23(22-11)16-10-13(12(2)24)9-15(21-16)20-14-3-6-17(18,19)7-4-14/h5,8-10,14H,3-4,6-7H2,1-2H3,(H,20,21). The fourth-order valence-corrected chi connectivity index (χ4v) is 2.85. The minimum Gasteiger partial charge on any atom is -0.367 e. The van der Waals surface area contributed by atoms with Crippen LogP contribution in [-0.2, 0) is 0 Å². The Labute approximate surface area is 139 Å². The summed E-state index contributed by atoms with van der Waals surface area (Å²) in [6.45, 7) is 3.35. The van der Waals surface area contributed by atoms with E-state index in [1.807, 2.05) is 13.0 Å². The molecule has 5 nitrogen and oxygen atoms in total. The van der Waals surface area contributed by atoms with Crippen LogP contribution in [0, 0.1) is 6.92 Å². The zero-order valence-corrected chi connectivity index (χ0v) is 13.7. The van der Waals surface area contributed by atoms with Crippen LogP contribution >= 0.6 is 0 Å². The predicted molar refractivity (Wildman–Crippen MR) is 86.9 cm³/mol. The zero-order valence-electron chi connectivity index (χ0n) is 13.7. The molecule has 1 N–H and O–H groups in total. The number of aryl methyl sites for hydroxylation is 1. The quantitative estimate of drug-likeness (QED) is 0.865. The molecule has 1 fully saturated rings. The lowest BCUT2D eigenvalue weighted by atomic mass is 9.92. The number of hydrogen-bond donors (Lipinski definition) is 1. The van der Waals surface area contributed by atoms with E-state index in [0.717, 1.165) is 5.69 Å². The summed E-state index contributed by atoms with van der Waals surface area (Å²) in [7, 11) is 0. The Bertz CT molecular complexity index is 747. The third kappa shape index (κ3) is 3.77. The summed E-state index contributed by atoms with van der Waals surface area (Å²) in [5.41, 5.74) is 1.35. The molecule has 0 aliphatic heterocycles. The van der Waals surface area contributed by atoms with Crippen LogP contribution in [0.3, 0.4) is 0 Å². The van der Waals surface area contributed by atoms with Crippen LogP contribution < -0.4 is 5.32 Å². The predicted octanol–water partition coefficient (Wildman–Crippen LogP) is 3.77. The molecule has 24 heavy (non-hydrogen) atoms. The summed E-state index contributed by atoms with van der Waals surface area (Å²) < 4.78 is 28.1. The van der Waals surface area contributed by atoms with Crippen LogP contribution in [0.25, 0.3) is 5.82 Å². The molecule has 2 aromatic rings. The minimum atomic E-state index is -2.56. The summed E-state index contributed by atoms with van der Waals surface area (Å²) in [5, 5.41) is 7.50. The molecule has 3 rings (SSSR count). The lowest BCUT2D eigenvalue weighted by Crippen LogP contribution is -2.32. The molecule has 2 aromatic heterocycles. The van der Waals surface area contributed by atoms with E-state index in [9.17, 15) is 13.6 Å². The summed E-state index contributed by atoms with van der Waals surface area (Å²) in [5.74, 6) is -1.61. The Morgan fingerprint density at radius 3 is 2.62 bits per heavy atom. The highest BCUT2D eigenvalue weighted by molar-refractivity contribution is 5.95. The number of halogens is 2. The van der Waals surface area contributed by atoms with Crippen LogP contribution in [0.1, 0.15) is 48.7 Å². The van der Waals surface area contributed by atoms with E-state index in [1.54, 1.807) is 23.0 Å². The maximum Gasteiger partial charge on any atom is 0.248 e. The van der Waals surface area contributed by atoms with Crippen molar-refractivity contribution in [1.82, 2.24) is 14.8 Å². The van der Waals surface area contributed by atoms with Gasteiger partial charge in [-0.2, -0.15) is 5.10 Å². The van der Waals surface area contributed by atoms with Gasteiger partial charge in [0.25, 0.3) is 0 Å². The van der Waals surface area contributed by atoms with E-state index in [4.69, 9.17) is 0 Å². The van der Waals surface area contributed by atoms with Gasteiger partial charge in [-0.1, -0.05) is 0 Å². The van der Waals surface area contributed by atoms with E-state index < -0.39 is 5.92 Å². The molecule has 128 valence electrons. The van der Waals surface area contributed by atoms with Crippen molar-refractivity contribution in [2.45, 2.75) is 51.5 Å². The van der Waals surface area contributed by atoms with Crippen molar-refractivity contribution >= 4 is 11.6 Å². The van der Waals surface area contributed by atoms with Gasteiger partial charge in [-0.3, -0.25) is 4.79 Å². The Kier molecular flexibility index (Phi) is 4.34. The van der Waals surface area contributed by atoms with Crippen LogP contribution in [0.4, 0.5) is 14.6 Å². The third-order valence-electron chi connectivity index (χ3n) is 4.24. The molecule has 0 aromatic carbocycles. The normalized spacial score (nSPS) is 17.7. The largest absolute Gasteiger partial charge is 0.367 e. The molecular formula is C17H20F2N4O. The second-order valence-electron chi connectivity index (χ2n) is 6.33. The van der Waals surface area contributed by atoms with Crippen LogP contribution in [0.15, 0.2) is 24.4 Å². The monoisotopic (exact) mass is 334 g/mol. The first-order valence-corrected chi connectivity index (χ1v) is 8.02. The molecule has 2 heterocycles. The maximum absolute atomic E-state index is 13.3. The lowest BCUT2D eigenvalue weighted by Gasteiger charge is -2.29. The van der Waals surface area contributed by atoms with E-state index >= 15 is 0 Å². The summed E-state index contributed by atoms with van der Waals surface area (Å²) in [6, 6.07) is 5.12. The molecule has 7 heteroatoms. The number of Topliss-reactive ketones (excluding diaryl/α,β-unsaturated/α-hetero) is 1. The van der Waals surface area contributed by atoms with Gasteiger partial charge >= 0.3 is 0 Å².